The van der Waals surface area contributed by atoms with E-state index in [-0.39, 0.29) is 12.0 Å². The van der Waals surface area contributed by atoms with Gasteiger partial charge in [0.15, 0.2) is 11.5 Å². The first-order valence-electron chi connectivity index (χ1n) is 8.64. The zero-order chi connectivity index (χ0) is 18.3. The average Bonchev–Trinajstić information content (AvgIpc) is 3.16. The van der Waals surface area contributed by atoms with Gasteiger partial charge in [-0.1, -0.05) is 18.2 Å². The topological polar surface area (TPSA) is 67.8 Å². The second-order valence-corrected chi connectivity index (χ2v) is 6.70. The molecule has 2 aliphatic rings. The van der Waals surface area contributed by atoms with Crippen LogP contribution in [0.1, 0.15) is 39.9 Å². The summed E-state index contributed by atoms with van der Waals surface area (Å²) in [5.74, 6) is 1.07. The van der Waals surface area contributed by atoms with E-state index in [0.717, 1.165) is 23.2 Å². The monoisotopic (exact) mass is 351 g/mol. The Kier molecular flexibility index (Phi) is 4.07. The van der Waals surface area contributed by atoms with Crippen molar-refractivity contribution in [3.05, 3.63) is 65.2 Å². The van der Waals surface area contributed by atoms with Gasteiger partial charge in [0, 0.05) is 11.6 Å². The molecule has 2 aromatic rings. The summed E-state index contributed by atoms with van der Waals surface area (Å²) in [6, 6.07) is 11.4. The van der Waals surface area contributed by atoms with Gasteiger partial charge in [0.25, 0.3) is 0 Å². The Balaban J connectivity index is 1.75. The number of nitrogens with one attached hydrogen (secondary N) is 1. The Morgan fingerprint density at radius 2 is 1.92 bits per heavy atom. The highest BCUT2D eigenvalue weighted by Crippen LogP contribution is 2.50. The van der Waals surface area contributed by atoms with Crippen molar-refractivity contribution < 1.29 is 19.4 Å². The fraction of sp³-hybridized carbons (Fsp3) is 0.286. The molecule has 1 aliphatic heterocycles. The largest absolute Gasteiger partial charge is 0.493 e. The Morgan fingerprint density at radius 1 is 1.12 bits per heavy atom. The van der Waals surface area contributed by atoms with Gasteiger partial charge < -0.3 is 19.9 Å². The minimum Gasteiger partial charge on any atom is -0.493 e. The van der Waals surface area contributed by atoms with Crippen LogP contribution in [0.2, 0.25) is 0 Å². The summed E-state index contributed by atoms with van der Waals surface area (Å²) < 4.78 is 10.8. The average molecular weight is 351 g/mol. The van der Waals surface area contributed by atoms with E-state index in [2.05, 4.69) is 23.5 Å². The van der Waals surface area contributed by atoms with Gasteiger partial charge in [-0.05, 0) is 53.8 Å². The molecule has 0 radical (unpaired) electrons. The number of hydrogen-bond donors (Lipinski definition) is 2. The smallest absolute Gasteiger partial charge is 0.335 e. The number of carbonyl (C=O) groups is 1. The van der Waals surface area contributed by atoms with Gasteiger partial charge in [-0.15, -0.1) is 0 Å². The summed E-state index contributed by atoms with van der Waals surface area (Å²) in [5, 5.41) is 12.9. The van der Waals surface area contributed by atoms with Gasteiger partial charge in [-0.2, -0.15) is 0 Å². The second-order valence-electron chi connectivity index (χ2n) is 6.70. The highest BCUT2D eigenvalue weighted by Gasteiger charge is 2.38. The number of benzene rings is 2. The van der Waals surface area contributed by atoms with Crippen LogP contribution in [0.4, 0.5) is 5.69 Å². The molecule has 0 aromatic heterocycles. The highest BCUT2D eigenvalue weighted by molar-refractivity contribution is 5.89. The van der Waals surface area contributed by atoms with Crippen LogP contribution in [0.25, 0.3) is 0 Å². The van der Waals surface area contributed by atoms with Crippen molar-refractivity contribution in [2.24, 2.45) is 5.92 Å². The Bertz CT molecular complexity index is 890. The molecule has 4 rings (SSSR count). The lowest BCUT2D eigenvalue weighted by molar-refractivity contribution is 0.0696. The Morgan fingerprint density at radius 3 is 2.65 bits per heavy atom. The molecule has 5 heteroatoms. The molecule has 0 bridgehead atoms. The lowest BCUT2D eigenvalue weighted by Gasteiger charge is -2.37. The second kappa shape index (κ2) is 6.41. The van der Waals surface area contributed by atoms with Crippen LogP contribution >= 0.6 is 0 Å². The normalized spacial score (nSPS) is 22.9. The molecule has 2 aromatic carbocycles. The van der Waals surface area contributed by atoms with Gasteiger partial charge in [0.05, 0.1) is 25.8 Å². The number of ether oxygens (including phenoxy) is 2. The van der Waals surface area contributed by atoms with Crippen LogP contribution < -0.4 is 14.8 Å². The summed E-state index contributed by atoms with van der Waals surface area (Å²) in [7, 11) is 3.27. The van der Waals surface area contributed by atoms with Crippen molar-refractivity contribution in [1.82, 2.24) is 0 Å². The number of anilines is 1. The van der Waals surface area contributed by atoms with E-state index in [1.54, 1.807) is 26.4 Å². The van der Waals surface area contributed by atoms with Crippen molar-refractivity contribution in [3.63, 3.8) is 0 Å². The Hall–Kier alpha value is -2.95. The third kappa shape index (κ3) is 2.60. The molecule has 0 spiro atoms. The lowest BCUT2D eigenvalue weighted by Crippen LogP contribution is -2.29. The molecule has 0 amide bonds. The van der Waals surface area contributed by atoms with E-state index >= 15 is 0 Å². The maximum atomic E-state index is 11.3. The van der Waals surface area contributed by atoms with E-state index in [9.17, 15) is 9.90 Å². The van der Waals surface area contributed by atoms with Crippen LogP contribution in [0, 0.1) is 5.92 Å². The number of carboxylic acid groups (broad SMARTS) is 1. The summed E-state index contributed by atoms with van der Waals surface area (Å²) in [5.41, 5.74) is 3.51. The number of methoxy groups -OCH3 is 2. The van der Waals surface area contributed by atoms with E-state index in [4.69, 9.17) is 9.47 Å². The van der Waals surface area contributed by atoms with Crippen molar-refractivity contribution in [2.45, 2.75) is 18.4 Å². The van der Waals surface area contributed by atoms with Gasteiger partial charge in [0.1, 0.15) is 0 Å². The first-order chi connectivity index (χ1) is 12.6. The Labute approximate surface area is 152 Å². The predicted molar refractivity (Wildman–Crippen MR) is 99.3 cm³/mol. The summed E-state index contributed by atoms with van der Waals surface area (Å²) >= 11 is 0. The number of aromatic carboxylic acids is 1. The van der Waals surface area contributed by atoms with Crippen molar-refractivity contribution in [1.29, 1.82) is 0 Å². The summed E-state index contributed by atoms with van der Waals surface area (Å²) in [6.45, 7) is 0. The molecule has 1 aliphatic carbocycles. The molecule has 0 saturated heterocycles. The maximum Gasteiger partial charge on any atom is 0.335 e. The number of allylic oxidation sites excluding steroid dienone is 2. The van der Waals surface area contributed by atoms with E-state index in [0.29, 0.717) is 23.0 Å². The van der Waals surface area contributed by atoms with Crippen LogP contribution in [0.3, 0.4) is 0 Å². The molecule has 0 unspecified atom stereocenters. The molecule has 26 heavy (non-hydrogen) atoms. The molecule has 134 valence electrons. The van der Waals surface area contributed by atoms with Crippen LogP contribution in [0.15, 0.2) is 48.6 Å². The van der Waals surface area contributed by atoms with Crippen LogP contribution in [-0.4, -0.2) is 25.3 Å². The first kappa shape index (κ1) is 16.5. The van der Waals surface area contributed by atoms with Crippen molar-refractivity contribution >= 4 is 11.7 Å². The van der Waals surface area contributed by atoms with Gasteiger partial charge in [0.2, 0.25) is 0 Å². The molecule has 0 saturated carbocycles. The number of hydrogen-bond acceptors (Lipinski definition) is 4. The minimum absolute atomic E-state index is 0.123. The van der Waals surface area contributed by atoms with E-state index < -0.39 is 5.97 Å². The van der Waals surface area contributed by atoms with Gasteiger partial charge in [-0.3, -0.25) is 0 Å². The minimum atomic E-state index is -0.895. The summed E-state index contributed by atoms with van der Waals surface area (Å²) in [6.07, 6.45) is 5.34. The molecular formula is C21H21NO4. The quantitative estimate of drug-likeness (QED) is 0.807. The van der Waals surface area contributed by atoms with E-state index in [1.807, 2.05) is 18.2 Å². The van der Waals surface area contributed by atoms with Crippen molar-refractivity contribution in [2.75, 3.05) is 19.5 Å². The molecule has 5 nitrogen and oxygen atoms in total. The number of carboxylic acids is 1. The first-order valence-corrected chi connectivity index (χ1v) is 8.64. The zero-order valence-electron chi connectivity index (χ0n) is 14.7. The maximum absolute atomic E-state index is 11.3. The molecular weight excluding hydrogens is 330 g/mol. The molecule has 3 atom stereocenters. The fourth-order valence-electron chi connectivity index (χ4n) is 4.10. The third-order valence-corrected chi connectivity index (χ3v) is 5.38. The van der Waals surface area contributed by atoms with Crippen molar-refractivity contribution in [3.8, 4) is 11.5 Å². The molecule has 0 fully saturated rings. The summed E-state index contributed by atoms with van der Waals surface area (Å²) in [4.78, 5) is 11.3. The number of fused-ring (bicyclic) bond motifs is 3. The molecule has 2 N–H and O–H groups in total. The van der Waals surface area contributed by atoms with Gasteiger partial charge >= 0.3 is 5.97 Å². The lowest BCUT2D eigenvalue weighted by atomic mass is 9.76. The fourth-order valence-corrected chi connectivity index (χ4v) is 4.10. The standard InChI is InChI=1S/C21H21NO4/c1-25-18-9-7-12(11-19(18)26-2)20-15-5-3-4-14(15)16-10-13(21(23)24)6-8-17(16)22-20/h3-4,6-11,14-15,20,22H,5H2,1-2H3,(H,23,24)/t14-,15-,20+/m0/s1. The van der Waals surface area contributed by atoms with E-state index in [1.165, 1.54) is 0 Å². The van der Waals surface area contributed by atoms with Crippen LogP contribution in [-0.2, 0) is 0 Å². The zero-order valence-corrected chi connectivity index (χ0v) is 14.7. The van der Waals surface area contributed by atoms with Crippen LogP contribution in [0.5, 0.6) is 11.5 Å². The number of rotatable bonds is 4. The SMILES string of the molecule is COc1ccc([C@H]2Nc3ccc(C(=O)O)cc3[C@H]3C=CC[C@@H]32)cc1OC. The highest BCUT2D eigenvalue weighted by atomic mass is 16.5. The van der Waals surface area contributed by atoms with Gasteiger partial charge in [-0.25, -0.2) is 4.79 Å². The molecule has 1 heterocycles. The third-order valence-electron chi connectivity index (χ3n) is 5.38. The predicted octanol–water partition coefficient (Wildman–Crippen LogP) is 4.23.